The highest BCUT2D eigenvalue weighted by Crippen LogP contribution is 2.24. The minimum absolute atomic E-state index is 0.0223. The normalized spacial score (nSPS) is 21.8. The van der Waals surface area contributed by atoms with Crippen molar-refractivity contribution in [3.8, 4) is 5.75 Å². The van der Waals surface area contributed by atoms with Gasteiger partial charge in [0.05, 0.1) is 6.10 Å². The summed E-state index contributed by atoms with van der Waals surface area (Å²) >= 11 is 0. The Morgan fingerprint density at radius 1 is 1.35 bits per heavy atom. The van der Waals surface area contributed by atoms with Gasteiger partial charge in [0.1, 0.15) is 5.75 Å². The van der Waals surface area contributed by atoms with Crippen LogP contribution in [0.5, 0.6) is 5.75 Å². The Balaban J connectivity index is 1.77. The van der Waals surface area contributed by atoms with Gasteiger partial charge in [-0.1, -0.05) is 24.6 Å². The van der Waals surface area contributed by atoms with Crippen LogP contribution in [0.3, 0.4) is 0 Å². The lowest BCUT2D eigenvalue weighted by atomic mass is 10.1. The SMILES string of the molecule is Cc1cccc(C)c1OCC(=O)NCC1CCCC1O. The van der Waals surface area contributed by atoms with E-state index in [1.54, 1.807) is 0 Å². The van der Waals surface area contributed by atoms with Gasteiger partial charge in [-0.15, -0.1) is 0 Å². The van der Waals surface area contributed by atoms with Gasteiger partial charge < -0.3 is 15.2 Å². The molecule has 0 saturated heterocycles. The summed E-state index contributed by atoms with van der Waals surface area (Å²) in [6, 6.07) is 5.91. The number of ether oxygens (including phenoxy) is 1. The number of hydrogen-bond donors (Lipinski definition) is 2. The van der Waals surface area contributed by atoms with Crippen LogP contribution >= 0.6 is 0 Å². The van der Waals surface area contributed by atoms with Crippen LogP contribution < -0.4 is 10.1 Å². The maximum absolute atomic E-state index is 11.8. The first-order valence-corrected chi connectivity index (χ1v) is 7.21. The molecule has 0 aromatic heterocycles. The van der Waals surface area contributed by atoms with Crippen molar-refractivity contribution in [2.75, 3.05) is 13.2 Å². The Labute approximate surface area is 120 Å². The molecule has 1 aliphatic carbocycles. The summed E-state index contributed by atoms with van der Waals surface area (Å²) in [7, 11) is 0. The van der Waals surface area contributed by atoms with Crippen molar-refractivity contribution in [2.45, 2.75) is 39.2 Å². The summed E-state index contributed by atoms with van der Waals surface area (Å²) in [5.41, 5.74) is 2.06. The highest BCUT2D eigenvalue weighted by atomic mass is 16.5. The first kappa shape index (κ1) is 14.9. The average molecular weight is 277 g/mol. The molecule has 2 N–H and O–H groups in total. The Morgan fingerprint density at radius 2 is 2.05 bits per heavy atom. The van der Waals surface area contributed by atoms with Crippen molar-refractivity contribution in [1.29, 1.82) is 0 Å². The first-order chi connectivity index (χ1) is 9.58. The van der Waals surface area contributed by atoms with Gasteiger partial charge in [-0.05, 0) is 37.8 Å². The lowest BCUT2D eigenvalue weighted by Gasteiger charge is -2.16. The molecule has 110 valence electrons. The number of amides is 1. The highest BCUT2D eigenvalue weighted by Gasteiger charge is 2.25. The lowest BCUT2D eigenvalue weighted by Crippen LogP contribution is -2.35. The zero-order valence-corrected chi connectivity index (χ0v) is 12.2. The zero-order valence-electron chi connectivity index (χ0n) is 12.2. The third-order valence-electron chi connectivity index (χ3n) is 3.94. The van der Waals surface area contributed by atoms with E-state index in [0.717, 1.165) is 36.1 Å². The summed E-state index contributed by atoms with van der Waals surface area (Å²) in [4.78, 5) is 11.8. The molecule has 1 saturated carbocycles. The second-order valence-corrected chi connectivity index (χ2v) is 5.57. The van der Waals surface area contributed by atoms with Gasteiger partial charge in [0.2, 0.25) is 0 Å². The number of aliphatic hydroxyl groups is 1. The molecule has 4 nitrogen and oxygen atoms in total. The van der Waals surface area contributed by atoms with Crippen molar-refractivity contribution >= 4 is 5.91 Å². The molecule has 0 spiro atoms. The average Bonchev–Trinajstić information content (AvgIpc) is 2.81. The number of aliphatic hydroxyl groups excluding tert-OH is 1. The number of aryl methyl sites for hydroxylation is 2. The lowest BCUT2D eigenvalue weighted by molar-refractivity contribution is -0.123. The molecular formula is C16H23NO3. The van der Waals surface area contributed by atoms with Crippen LogP contribution in [-0.2, 0) is 4.79 Å². The van der Waals surface area contributed by atoms with Crippen LogP contribution in [0.25, 0.3) is 0 Å². The molecule has 1 aromatic rings. The summed E-state index contributed by atoms with van der Waals surface area (Å²) in [5, 5.41) is 12.5. The van der Waals surface area contributed by atoms with Crippen LogP contribution in [0.1, 0.15) is 30.4 Å². The van der Waals surface area contributed by atoms with E-state index in [1.165, 1.54) is 0 Å². The predicted octanol–water partition coefficient (Wildman–Crippen LogP) is 1.96. The Morgan fingerprint density at radius 3 is 2.65 bits per heavy atom. The molecular weight excluding hydrogens is 254 g/mol. The summed E-state index contributed by atoms with van der Waals surface area (Å²) in [5.74, 6) is 0.842. The number of nitrogens with one attached hydrogen (secondary N) is 1. The van der Waals surface area contributed by atoms with Gasteiger partial charge in [0.25, 0.3) is 5.91 Å². The molecule has 1 aromatic carbocycles. The molecule has 1 fully saturated rings. The van der Waals surface area contributed by atoms with Gasteiger partial charge in [-0.25, -0.2) is 0 Å². The summed E-state index contributed by atoms with van der Waals surface area (Å²) in [6.45, 7) is 4.49. The van der Waals surface area contributed by atoms with Gasteiger partial charge in [-0.3, -0.25) is 4.79 Å². The standard InChI is InChI=1S/C16H23NO3/c1-11-5-3-6-12(2)16(11)20-10-15(19)17-9-13-7-4-8-14(13)18/h3,5-6,13-14,18H,4,7-10H2,1-2H3,(H,17,19). The molecule has 4 heteroatoms. The Hall–Kier alpha value is -1.55. The number of para-hydroxylation sites is 1. The zero-order chi connectivity index (χ0) is 14.5. The number of benzene rings is 1. The molecule has 0 radical (unpaired) electrons. The van der Waals surface area contributed by atoms with Crippen LogP contribution in [0.15, 0.2) is 18.2 Å². The van der Waals surface area contributed by atoms with Crippen molar-refractivity contribution in [2.24, 2.45) is 5.92 Å². The van der Waals surface area contributed by atoms with Gasteiger partial charge >= 0.3 is 0 Å². The molecule has 1 aliphatic rings. The van der Waals surface area contributed by atoms with E-state index >= 15 is 0 Å². The van der Waals surface area contributed by atoms with E-state index in [4.69, 9.17) is 4.74 Å². The van der Waals surface area contributed by atoms with E-state index < -0.39 is 0 Å². The predicted molar refractivity (Wildman–Crippen MR) is 77.8 cm³/mol. The molecule has 0 aliphatic heterocycles. The molecule has 0 heterocycles. The largest absolute Gasteiger partial charge is 0.483 e. The van der Waals surface area contributed by atoms with Gasteiger partial charge in [0.15, 0.2) is 6.61 Å². The maximum Gasteiger partial charge on any atom is 0.257 e. The molecule has 2 atom stereocenters. The molecule has 20 heavy (non-hydrogen) atoms. The second-order valence-electron chi connectivity index (χ2n) is 5.57. The fourth-order valence-electron chi connectivity index (χ4n) is 2.72. The molecule has 2 rings (SSSR count). The van der Waals surface area contributed by atoms with Crippen molar-refractivity contribution in [3.05, 3.63) is 29.3 Å². The minimum Gasteiger partial charge on any atom is -0.483 e. The van der Waals surface area contributed by atoms with Crippen molar-refractivity contribution in [3.63, 3.8) is 0 Å². The molecule has 0 bridgehead atoms. The number of carbonyl (C=O) groups excluding carboxylic acids is 1. The van der Waals surface area contributed by atoms with E-state index in [0.29, 0.717) is 6.54 Å². The third kappa shape index (κ3) is 3.73. The van der Waals surface area contributed by atoms with E-state index in [-0.39, 0.29) is 24.5 Å². The van der Waals surface area contributed by atoms with Gasteiger partial charge in [0, 0.05) is 12.5 Å². The van der Waals surface area contributed by atoms with Crippen LogP contribution in [0.4, 0.5) is 0 Å². The summed E-state index contributed by atoms with van der Waals surface area (Å²) < 4.78 is 5.60. The number of hydrogen-bond acceptors (Lipinski definition) is 3. The fraction of sp³-hybridized carbons (Fsp3) is 0.562. The number of rotatable bonds is 5. The maximum atomic E-state index is 11.8. The highest BCUT2D eigenvalue weighted by molar-refractivity contribution is 5.77. The Bertz CT molecular complexity index is 453. The first-order valence-electron chi connectivity index (χ1n) is 7.21. The quantitative estimate of drug-likeness (QED) is 0.865. The second kappa shape index (κ2) is 6.75. The molecule has 1 amide bonds. The van der Waals surface area contributed by atoms with Crippen LogP contribution in [0, 0.1) is 19.8 Å². The van der Waals surface area contributed by atoms with Crippen molar-refractivity contribution < 1.29 is 14.6 Å². The minimum atomic E-state index is -0.269. The smallest absolute Gasteiger partial charge is 0.257 e. The van der Waals surface area contributed by atoms with E-state index in [1.807, 2.05) is 32.0 Å². The van der Waals surface area contributed by atoms with E-state index in [9.17, 15) is 9.90 Å². The van der Waals surface area contributed by atoms with Gasteiger partial charge in [-0.2, -0.15) is 0 Å². The third-order valence-corrected chi connectivity index (χ3v) is 3.94. The van der Waals surface area contributed by atoms with Crippen LogP contribution in [0.2, 0.25) is 0 Å². The summed E-state index contributed by atoms with van der Waals surface area (Å²) in [6.07, 6.45) is 2.61. The topological polar surface area (TPSA) is 58.6 Å². The van der Waals surface area contributed by atoms with Crippen molar-refractivity contribution in [1.82, 2.24) is 5.32 Å². The number of carbonyl (C=O) groups is 1. The molecule has 2 unspecified atom stereocenters. The fourth-order valence-corrected chi connectivity index (χ4v) is 2.72. The van der Waals surface area contributed by atoms with Crippen LogP contribution in [-0.4, -0.2) is 30.3 Å². The van der Waals surface area contributed by atoms with E-state index in [2.05, 4.69) is 5.32 Å². The monoisotopic (exact) mass is 277 g/mol. The Kier molecular flexibility index (Phi) is 5.01.